The number of fused-ring (bicyclic) bond motifs is 1. The molecule has 5 nitrogen and oxygen atoms in total. The predicted octanol–water partition coefficient (Wildman–Crippen LogP) is 1.20. The van der Waals surface area contributed by atoms with E-state index in [2.05, 4.69) is 39.7 Å². The zero-order valence-electron chi connectivity index (χ0n) is 11.5. The number of nitrogens with zero attached hydrogens (tertiary/aromatic N) is 3. The van der Waals surface area contributed by atoms with Crippen molar-refractivity contribution in [1.82, 2.24) is 20.1 Å². The minimum Gasteiger partial charge on any atom is -0.352 e. The highest BCUT2D eigenvalue weighted by atomic mass is 16.1. The highest BCUT2D eigenvalue weighted by Crippen LogP contribution is 2.21. The molecule has 2 aromatic rings. The fraction of sp³-hybridized carbons (Fsp3) is 0.400. The summed E-state index contributed by atoms with van der Waals surface area (Å²) in [6.45, 7) is 2.48. The van der Waals surface area contributed by atoms with Gasteiger partial charge in [0.2, 0.25) is 5.91 Å². The van der Waals surface area contributed by atoms with Crippen LogP contribution in [0.2, 0.25) is 0 Å². The third-order valence-corrected chi connectivity index (χ3v) is 3.77. The summed E-state index contributed by atoms with van der Waals surface area (Å²) in [6, 6.07) is 8.60. The number of benzene rings is 1. The standard InChI is InChI=1S/C15H18N4O/c1-11(8-19-10-16-9-17-19)15(20)18-14-6-12-4-2-3-5-13(12)7-14/h2-5,9-11,14H,6-8H2,1H3,(H,18,20). The van der Waals surface area contributed by atoms with Gasteiger partial charge in [0.1, 0.15) is 12.7 Å². The van der Waals surface area contributed by atoms with Crippen molar-refractivity contribution in [3.63, 3.8) is 0 Å². The van der Waals surface area contributed by atoms with Crippen molar-refractivity contribution in [2.75, 3.05) is 0 Å². The highest BCUT2D eigenvalue weighted by Gasteiger charge is 2.24. The number of aromatic nitrogens is 3. The Morgan fingerprint density at radius 3 is 2.70 bits per heavy atom. The lowest BCUT2D eigenvalue weighted by Gasteiger charge is -2.16. The van der Waals surface area contributed by atoms with Crippen molar-refractivity contribution in [3.8, 4) is 0 Å². The molecule has 0 saturated heterocycles. The zero-order chi connectivity index (χ0) is 13.9. The normalized spacial score (nSPS) is 15.8. The van der Waals surface area contributed by atoms with Crippen molar-refractivity contribution in [2.45, 2.75) is 32.4 Å². The summed E-state index contributed by atoms with van der Waals surface area (Å²) in [6.07, 6.45) is 4.98. The van der Waals surface area contributed by atoms with Gasteiger partial charge >= 0.3 is 0 Å². The molecule has 1 N–H and O–H groups in total. The van der Waals surface area contributed by atoms with Gasteiger partial charge in [0.05, 0.1) is 12.5 Å². The van der Waals surface area contributed by atoms with Gasteiger partial charge < -0.3 is 5.32 Å². The van der Waals surface area contributed by atoms with Gasteiger partial charge in [0.15, 0.2) is 0 Å². The molecule has 1 aliphatic carbocycles. The van der Waals surface area contributed by atoms with E-state index >= 15 is 0 Å². The second-order valence-corrected chi connectivity index (χ2v) is 5.40. The van der Waals surface area contributed by atoms with Gasteiger partial charge in [-0.1, -0.05) is 31.2 Å². The smallest absolute Gasteiger partial charge is 0.224 e. The van der Waals surface area contributed by atoms with Gasteiger partial charge in [-0.05, 0) is 24.0 Å². The predicted molar refractivity (Wildman–Crippen MR) is 75.0 cm³/mol. The first-order chi connectivity index (χ1) is 9.72. The number of amides is 1. The molecule has 0 spiro atoms. The van der Waals surface area contributed by atoms with Crippen LogP contribution in [0.4, 0.5) is 0 Å². The summed E-state index contributed by atoms with van der Waals surface area (Å²) < 4.78 is 1.69. The Balaban J connectivity index is 1.55. The maximum Gasteiger partial charge on any atom is 0.224 e. The summed E-state index contributed by atoms with van der Waals surface area (Å²) in [5, 5.41) is 7.17. The summed E-state index contributed by atoms with van der Waals surface area (Å²) in [7, 11) is 0. The van der Waals surface area contributed by atoms with Crippen LogP contribution in [-0.2, 0) is 24.2 Å². The average Bonchev–Trinajstić information content (AvgIpc) is 3.06. The van der Waals surface area contributed by atoms with Crippen molar-refractivity contribution in [2.24, 2.45) is 5.92 Å². The van der Waals surface area contributed by atoms with Crippen LogP contribution in [0.25, 0.3) is 0 Å². The summed E-state index contributed by atoms with van der Waals surface area (Å²) in [5.74, 6) is -0.0290. The molecule has 1 aromatic heterocycles. The Labute approximate surface area is 118 Å². The van der Waals surface area contributed by atoms with Gasteiger partial charge in [-0.25, -0.2) is 4.98 Å². The van der Waals surface area contributed by atoms with E-state index in [1.54, 1.807) is 11.0 Å². The SMILES string of the molecule is CC(Cn1cncn1)C(=O)NC1Cc2ccccc2C1. The van der Waals surface area contributed by atoms with Crippen molar-refractivity contribution in [1.29, 1.82) is 0 Å². The zero-order valence-corrected chi connectivity index (χ0v) is 11.5. The molecule has 0 aliphatic heterocycles. The second-order valence-electron chi connectivity index (χ2n) is 5.40. The van der Waals surface area contributed by atoms with Crippen LogP contribution in [-0.4, -0.2) is 26.7 Å². The van der Waals surface area contributed by atoms with Crippen molar-refractivity contribution >= 4 is 5.91 Å². The maximum atomic E-state index is 12.2. The fourth-order valence-corrected chi connectivity index (χ4v) is 2.69. The van der Waals surface area contributed by atoms with Gasteiger partial charge in [0, 0.05) is 6.04 Å². The average molecular weight is 270 g/mol. The van der Waals surface area contributed by atoms with Crippen LogP contribution in [0, 0.1) is 5.92 Å². The van der Waals surface area contributed by atoms with Crippen LogP contribution < -0.4 is 5.32 Å². The molecular formula is C15H18N4O. The van der Waals surface area contributed by atoms with Crippen LogP contribution >= 0.6 is 0 Å². The molecule has 1 amide bonds. The molecule has 5 heteroatoms. The molecule has 0 fully saturated rings. The summed E-state index contributed by atoms with van der Waals surface area (Å²) >= 11 is 0. The Morgan fingerprint density at radius 1 is 1.40 bits per heavy atom. The van der Waals surface area contributed by atoms with E-state index in [4.69, 9.17) is 0 Å². The van der Waals surface area contributed by atoms with Crippen LogP contribution in [0.15, 0.2) is 36.9 Å². The highest BCUT2D eigenvalue weighted by molar-refractivity contribution is 5.78. The molecule has 1 atom stereocenters. The van der Waals surface area contributed by atoms with Gasteiger partial charge in [0.25, 0.3) is 0 Å². The van der Waals surface area contributed by atoms with E-state index in [1.165, 1.54) is 17.5 Å². The van der Waals surface area contributed by atoms with Crippen molar-refractivity contribution in [3.05, 3.63) is 48.0 Å². The topological polar surface area (TPSA) is 59.8 Å². The largest absolute Gasteiger partial charge is 0.352 e. The third-order valence-electron chi connectivity index (χ3n) is 3.77. The lowest BCUT2D eigenvalue weighted by molar-refractivity contribution is -0.125. The van der Waals surface area contributed by atoms with E-state index in [9.17, 15) is 4.79 Å². The minimum atomic E-state index is -0.111. The molecule has 104 valence electrons. The van der Waals surface area contributed by atoms with E-state index < -0.39 is 0 Å². The lowest BCUT2D eigenvalue weighted by atomic mass is 10.1. The Morgan fingerprint density at radius 2 is 2.10 bits per heavy atom. The number of nitrogens with one attached hydrogen (secondary N) is 1. The van der Waals surface area contributed by atoms with Crippen LogP contribution in [0.3, 0.4) is 0 Å². The number of carbonyl (C=O) groups is 1. The molecule has 0 saturated carbocycles. The van der Waals surface area contributed by atoms with Crippen LogP contribution in [0.1, 0.15) is 18.1 Å². The van der Waals surface area contributed by atoms with E-state index in [0.29, 0.717) is 6.54 Å². The molecule has 1 aliphatic rings. The molecule has 3 rings (SSSR count). The Hall–Kier alpha value is -2.17. The number of hydrogen-bond acceptors (Lipinski definition) is 3. The van der Waals surface area contributed by atoms with Crippen LogP contribution in [0.5, 0.6) is 0 Å². The van der Waals surface area contributed by atoms with Gasteiger partial charge in [-0.2, -0.15) is 5.10 Å². The molecule has 1 aromatic carbocycles. The number of carbonyl (C=O) groups excluding carboxylic acids is 1. The summed E-state index contributed by atoms with van der Waals surface area (Å²) in [5.41, 5.74) is 2.70. The van der Waals surface area contributed by atoms with Gasteiger partial charge in [-0.15, -0.1) is 0 Å². The molecule has 1 unspecified atom stereocenters. The first-order valence-electron chi connectivity index (χ1n) is 6.92. The Kier molecular flexibility index (Phi) is 3.50. The van der Waals surface area contributed by atoms with Gasteiger partial charge in [-0.3, -0.25) is 9.48 Å². The molecule has 0 bridgehead atoms. The van der Waals surface area contributed by atoms with E-state index in [1.807, 2.05) is 6.92 Å². The molecular weight excluding hydrogens is 252 g/mol. The Bertz CT molecular complexity index is 569. The van der Waals surface area contributed by atoms with Crippen molar-refractivity contribution < 1.29 is 4.79 Å². The number of rotatable bonds is 4. The quantitative estimate of drug-likeness (QED) is 0.908. The number of hydrogen-bond donors (Lipinski definition) is 1. The second kappa shape index (κ2) is 5.45. The molecule has 1 heterocycles. The molecule has 0 radical (unpaired) electrons. The van der Waals surface area contributed by atoms with E-state index in [0.717, 1.165) is 12.8 Å². The molecule has 20 heavy (non-hydrogen) atoms. The third kappa shape index (κ3) is 2.71. The summed E-state index contributed by atoms with van der Waals surface area (Å²) in [4.78, 5) is 16.1. The van der Waals surface area contributed by atoms with E-state index in [-0.39, 0.29) is 17.9 Å². The first kappa shape index (κ1) is 12.8. The first-order valence-corrected chi connectivity index (χ1v) is 6.92. The lowest BCUT2D eigenvalue weighted by Crippen LogP contribution is -2.39. The maximum absolute atomic E-state index is 12.2. The minimum absolute atomic E-state index is 0.0818. The fourth-order valence-electron chi connectivity index (χ4n) is 2.69. The monoisotopic (exact) mass is 270 g/mol.